The number of hydrogen-bond acceptors (Lipinski definition) is 4. The monoisotopic (exact) mass is 353 g/mol. The summed E-state index contributed by atoms with van der Waals surface area (Å²) in [5.41, 5.74) is 3.25. The second kappa shape index (κ2) is 8.27. The second-order valence-corrected chi connectivity index (χ2v) is 6.64. The molecule has 0 atom stereocenters. The van der Waals surface area contributed by atoms with E-state index >= 15 is 0 Å². The van der Waals surface area contributed by atoms with Crippen LogP contribution in [-0.4, -0.2) is 45.7 Å². The van der Waals surface area contributed by atoms with Crippen molar-refractivity contribution < 1.29 is 4.90 Å². The lowest BCUT2D eigenvalue weighted by molar-refractivity contribution is -0.896. The van der Waals surface area contributed by atoms with Gasteiger partial charge in [0, 0.05) is 24.9 Å². The van der Waals surface area contributed by atoms with Gasteiger partial charge in [-0.2, -0.15) is 0 Å². The van der Waals surface area contributed by atoms with Crippen molar-refractivity contribution in [2.45, 2.75) is 34.1 Å². The van der Waals surface area contributed by atoms with E-state index in [1.165, 1.54) is 25.2 Å². The quantitative estimate of drug-likeness (QED) is 0.609. The third-order valence-electron chi connectivity index (χ3n) is 5.17. The number of aromatic nitrogens is 4. The van der Waals surface area contributed by atoms with Crippen molar-refractivity contribution in [1.29, 1.82) is 0 Å². The normalized spacial score (nSPS) is 11.4. The van der Waals surface area contributed by atoms with E-state index in [0.717, 1.165) is 41.3 Å². The summed E-state index contributed by atoms with van der Waals surface area (Å²) in [6.07, 6.45) is 4.58. The number of pyridine rings is 1. The van der Waals surface area contributed by atoms with Crippen LogP contribution in [0.15, 0.2) is 30.7 Å². The third kappa shape index (κ3) is 3.55. The summed E-state index contributed by atoms with van der Waals surface area (Å²) >= 11 is 0. The molecule has 0 aromatic carbocycles. The highest BCUT2D eigenvalue weighted by Crippen LogP contribution is 2.30. The molecular weight excluding hydrogens is 324 g/mol. The number of quaternary nitrogens is 1. The zero-order valence-corrected chi connectivity index (χ0v) is 16.2. The maximum absolute atomic E-state index is 4.55. The molecule has 0 saturated carbocycles. The number of rotatable bonds is 8. The van der Waals surface area contributed by atoms with Crippen molar-refractivity contribution in [2.75, 3.05) is 31.5 Å². The van der Waals surface area contributed by atoms with Gasteiger partial charge in [0.2, 0.25) is 0 Å². The minimum atomic E-state index is 0.887. The Kier molecular flexibility index (Phi) is 5.83. The van der Waals surface area contributed by atoms with E-state index in [-0.39, 0.29) is 0 Å². The number of anilines is 1. The van der Waals surface area contributed by atoms with Crippen molar-refractivity contribution in [2.24, 2.45) is 0 Å². The fourth-order valence-electron chi connectivity index (χ4n) is 3.45. The van der Waals surface area contributed by atoms with Crippen molar-refractivity contribution in [3.63, 3.8) is 0 Å². The van der Waals surface area contributed by atoms with E-state index in [9.17, 15) is 0 Å². The summed E-state index contributed by atoms with van der Waals surface area (Å²) < 4.78 is 2.11. The Morgan fingerprint density at radius 2 is 1.88 bits per heavy atom. The fraction of sp³-hybridized carbons (Fsp3) is 0.450. The fourth-order valence-corrected chi connectivity index (χ4v) is 3.45. The van der Waals surface area contributed by atoms with Crippen LogP contribution in [0.5, 0.6) is 0 Å². The Balaban J connectivity index is 1.87. The van der Waals surface area contributed by atoms with Gasteiger partial charge in [-0.1, -0.05) is 6.07 Å². The predicted molar refractivity (Wildman–Crippen MR) is 106 cm³/mol. The summed E-state index contributed by atoms with van der Waals surface area (Å²) in [7, 11) is 0. The highest BCUT2D eigenvalue weighted by Gasteiger charge is 2.17. The molecule has 0 spiro atoms. The average molecular weight is 353 g/mol. The van der Waals surface area contributed by atoms with Crippen molar-refractivity contribution >= 4 is 16.9 Å². The molecule has 2 N–H and O–H groups in total. The third-order valence-corrected chi connectivity index (χ3v) is 5.17. The zero-order chi connectivity index (χ0) is 18.5. The largest absolute Gasteiger partial charge is 0.369 e. The Bertz CT molecular complexity index is 852. The molecule has 0 aliphatic heterocycles. The summed E-state index contributed by atoms with van der Waals surface area (Å²) in [6, 6.07) is 5.93. The van der Waals surface area contributed by atoms with Gasteiger partial charge in [0.25, 0.3) is 0 Å². The molecule has 0 bridgehead atoms. The van der Waals surface area contributed by atoms with Gasteiger partial charge in [-0.15, -0.1) is 0 Å². The van der Waals surface area contributed by atoms with Gasteiger partial charge in [-0.3, -0.25) is 4.57 Å². The van der Waals surface area contributed by atoms with Gasteiger partial charge in [0.15, 0.2) is 5.65 Å². The van der Waals surface area contributed by atoms with E-state index in [1.54, 1.807) is 11.2 Å². The van der Waals surface area contributed by atoms with Crippen LogP contribution in [0.2, 0.25) is 0 Å². The topological polar surface area (TPSA) is 60.1 Å². The number of nitrogens with zero attached hydrogens (tertiary/aromatic N) is 4. The molecule has 6 heteroatoms. The van der Waals surface area contributed by atoms with E-state index in [4.69, 9.17) is 0 Å². The van der Waals surface area contributed by atoms with Gasteiger partial charge in [0.05, 0.1) is 25.0 Å². The smallest absolute Gasteiger partial charge is 0.151 e. The Morgan fingerprint density at radius 3 is 2.58 bits per heavy atom. The molecule has 6 nitrogen and oxygen atoms in total. The Labute approximate surface area is 155 Å². The Morgan fingerprint density at radius 1 is 1.08 bits per heavy atom. The lowest BCUT2D eigenvalue weighted by Crippen LogP contribution is -3.11. The van der Waals surface area contributed by atoms with Gasteiger partial charge >= 0.3 is 0 Å². The standard InChI is InChI=1S/C20H28N6/c1-5-25(6-2)13-9-12-22-19-18-15(3)16(4)26(20(18)24-14-23-19)17-10-7-8-11-21-17/h7-8,10-11,14H,5-6,9,12-13H2,1-4H3,(H,22,23,24)/p+1. The van der Waals surface area contributed by atoms with Crippen LogP contribution >= 0.6 is 0 Å². The minimum Gasteiger partial charge on any atom is -0.369 e. The van der Waals surface area contributed by atoms with Crippen LogP contribution in [0.1, 0.15) is 31.5 Å². The van der Waals surface area contributed by atoms with Crippen LogP contribution in [0.3, 0.4) is 0 Å². The minimum absolute atomic E-state index is 0.887. The SMILES string of the molecule is CC[NH+](CC)CCCNc1ncnc2c1c(C)c(C)n2-c1ccccn1. The summed E-state index contributed by atoms with van der Waals surface area (Å²) in [5.74, 6) is 1.80. The van der Waals surface area contributed by atoms with Crippen molar-refractivity contribution in [1.82, 2.24) is 19.5 Å². The van der Waals surface area contributed by atoms with Gasteiger partial charge < -0.3 is 10.2 Å². The molecule has 0 unspecified atom stereocenters. The summed E-state index contributed by atoms with van der Waals surface area (Å²) in [6.45, 7) is 13.2. The lowest BCUT2D eigenvalue weighted by Gasteiger charge is -2.15. The van der Waals surface area contributed by atoms with Gasteiger partial charge in [0.1, 0.15) is 18.0 Å². The van der Waals surface area contributed by atoms with Crippen molar-refractivity contribution in [3.05, 3.63) is 42.0 Å². The number of aryl methyl sites for hydroxylation is 1. The molecule has 3 aromatic heterocycles. The molecule has 0 fully saturated rings. The van der Waals surface area contributed by atoms with Crippen LogP contribution in [-0.2, 0) is 0 Å². The molecule has 0 amide bonds. The molecule has 0 aliphatic rings. The molecule has 0 saturated heterocycles. The maximum Gasteiger partial charge on any atom is 0.151 e. The molecule has 3 aromatic rings. The average Bonchev–Trinajstić information content (AvgIpc) is 2.94. The number of fused-ring (bicyclic) bond motifs is 1. The van der Waals surface area contributed by atoms with Gasteiger partial charge in [-0.05, 0) is 45.4 Å². The molecule has 26 heavy (non-hydrogen) atoms. The van der Waals surface area contributed by atoms with Crippen LogP contribution in [0, 0.1) is 13.8 Å². The van der Waals surface area contributed by atoms with Crippen molar-refractivity contribution in [3.8, 4) is 5.82 Å². The zero-order valence-electron chi connectivity index (χ0n) is 16.2. The lowest BCUT2D eigenvalue weighted by atomic mass is 10.2. The van der Waals surface area contributed by atoms with Crippen LogP contribution in [0.4, 0.5) is 5.82 Å². The summed E-state index contributed by atoms with van der Waals surface area (Å²) in [4.78, 5) is 15.2. The molecular formula is C20H29N6+. The van der Waals surface area contributed by atoms with E-state index in [2.05, 4.69) is 52.5 Å². The number of nitrogens with one attached hydrogen (secondary N) is 2. The van der Waals surface area contributed by atoms with E-state index in [1.807, 2.05) is 24.4 Å². The van der Waals surface area contributed by atoms with Crippen LogP contribution in [0.25, 0.3) is 16.9 Å². The molecule has 0 aliphatic carbocycles. The molecule has 138 valence electrons. The maximum atomic E-state index is 4.55. The first-order valence-electron chi connectivity index (χ1n) is 9.48. The predicted octanol–water partition coefficient (Wildman–Crippen LogP) is 2.16. The van der Waals surface area contributed by atoms with Crippen LogP contribution < -0.4 is 10.2 Å². The molecule has 3 heterocycles. The Hall–Kier alpha value is -2.47. The van der Waals surface area contributed by atoms with E-state index in [0.29, 0.717) is 0 Å². The first-order valence-corrected chi connectivity index (χ1v) is 9.48. The number of hydrogen-bond donors (Lipinski definition) is 2. The molecule has 3 rings (SSSR count). The first kappa shape index (κ1) is 18.3. The van der Waals surface area contributed by atoms with E-state index < -0.39 is 0 Å². The first-order chi connectivity index (χ1) is 12.7. The second-order valence-electron chi connectivity index (χ2n) is 6.64. The highest BCUT2D eigenvalue weighted by atomic mass is 15.1. The summed E-state index contributed by atoms with van der Waals surface area (Å²) in [5, 5.41) is 4.61. The van der Waals surface area contributed by atoms with Gasteiger partial charge in [-0.25, -0.2) is 15.0 Å². The highest BCUT2D eigenvalue weighted by molar-refractivity contribution is 5.92. The molecule has 0 radical (unpaired) electrons.